The first-order chi connectivity index (χ1) is 9.64. The molecule has 0 radical (unpaired) electrons. The second kappa shape index (κ2) is 7.48. The Morgan fingerprint density at radius 3 is 2.43 bits per heavy atom. The molecule has 1 aliphatic heterocycles. The van der Waals surface area contributed by atoms with Gasteiger partial charge >= 0.3 is 6.09 Å². The van der Waals surface area contributed by atoms with Crippen molar-refractivity contribution in [3.8, 4) is 0 Å². The molecule has 1 rings (SSSR count). The quantitative estimate of drug-likeness (QED) is 0.836. The predicted octanol–water partition coefficient (Wildman–Crippen LogP) is 3.94. The molecule has 0 bridgehead atoms. The Bertz CT molecular complexity index is 336. The highest BCUT2D eigenvalue weighted by molar-refractivity contribution is 5.68. The lowest BCUT2D eigenvalue weighted by Crippen LogP contribution is -2.45. The Morgan fingerprint density at radius 2 is 1.95 bits per heavy atom. The van der Waals surface area contributed by atoms with Gasteiger partial charge in [-0.15, -0.1) is 0 Å². The zero-order chi connectivity index (χ0) is 16.2. The van der Waals surface area contributed by atoms with Crippen LogP contribution < -0.4 is 5.32 Å². The third kappa shape index (κ3) is 5.85. The summed E-state index contributed by atoms with van der Waals surface area (Å²) < 4.78 is 5.37. The molecule has 1 fully saturated rings. The Labute approximate surface area is 130 Å². The maximum absolute atomic E-state index is 11.9. The summed E-state index contributed by atoms with van der Waals surface area (Å²) in [5, 5.41) is 3.04. The number of alkyl carbamates (subject to hydrolysis) is 1. The first-order valence-electron chi connectivity index (χ1n) is 8.41. The standard InChI is InChI=1S/C17H34N2O2/c1-8-14(18-16(20)21-17(5,6)7)11-15-10-9-13(4)19(15)12(2)3/h12-15H,8-11H2,1-7H3,(H,18,20). The smallest absolute Gasteiger partial charge is 0.407 e. The van der Waals surface area contributed by atoms with Crippen molar-refractivity contribution in [2.45, 2.75) is 104 Å². The van der Waals surface area contributed by atoms with Crippen LogP contribution in [0.5, 0.6) is 0 Å². The van der Waals surface area contributed by atoms with Gasteiger partial charge in [0, 0.05) is 24.2 Å². The van der Waals surface area contributed by atoms with Crippen LogP contribution in [0.3, 0.4) is 0 Å². The van der Waals surface area contributed by atoms with Crippen molar-refractivity contribution in [3.63, 3.8) is 0 Å². The Morgan fingerprint density at radius 1 is 1.33 bits per heavy atom. The molecule has 1 aliphatic rings. The lowest BCUT2D eigenvalue weighted by atomic mass is 10.0. The van der Waals surface area contributed by atoms with Crippen LogP contribution in [-0.2, 0) is 4.74 Å². The molecule has 4 nitrogen and oxygen atoms in total. The minimum Gasteiger partial charge on any atom is -0.444 e. The minimum atomic E-state index is -0.436. The number of likely N-dealkylation sites (tertiary alicyclic amines) is 1. The third-order valence-corrected chi connectivity index (χ3v) is 4.21. The number of carbonyl (C=O) groups excluding carboxylic acids is 1. The van der Waals surface area contributed by atoms with Crippen LogP contribution in [0.25, 0.3) is 0 Å². The van der Waals surface area contributed by atoms with Gasteiger partial charge in [-0.2, -0.15) is 0 Å². The summed E-state index contributed by atoms with van der Waals surface area (Å²) >= 11 is 0. The topological polar surface area (TPSA) is 41.6 Å². The fourth-order valence-electron chi connectivity index (χ4n) is 3.39. The molecule has 4 heteroatoms. The maximum Gasteiger partial charge on any atom is 0.407 e. The van der Waals surface area contributed by atoms with Gasteiger partial charge in [0.2, 0.25) is 0 Å². The summed E-state index contributed by atoms with van der Waals surface area (Å²) in [7, 11) is 0. The van der Waals surface area contributed by atoms with E-state index in [0.29, 0.717) is 18.1 Å². The molecule has 124 valence electrons. The van der Waals surface area contributed by atoms with Crippen molar-refractivity contribution in [1.82, 2.24) is 10.2 Å². The van der Waals surface area contributed by atoms with Crippen molar-refractivity contribution in [2.75, 3.05) is 0 Å². The number of ether oxygens (including phenoxy) is 1. The molecule has 1 amide bonds. The summed E-state index contributed by atoms with van der Waals surface area (Å²) in [6.07, 6.45) is 4.14. The van der Waals surface area contributed by atoms with E-state index in [1.54, 1.807) is 0 Å². The molecule has 1 saturated heterocycles. The van der Waals surface area contributed by atoms with E-state index < -0.39 is 5.60 Å². The maximum atomic E-state index is 11.9. The fourth-order valence-corrected chi connectivity index (χ4v) is 3.39. The van der Waals surface area contributed by atoms with Crippen LogP contribution in [0.1, 0.15) is 74.1 Å². The Kier molecular flexibility index (Phi) is 6.51. The molecule has 0 aromatic rings. The van der Waals surface area contributed by atoms with Crippen molar-refractivity contribution in [2.24, 2.45) is 0 Å². The third-order valence-electron chi connectivity index (χ3n) is 4.21. The van der Waals surface area contributed by atoms with Crippen LogP contribution in [0.2, 0.25) is 0 Å². The lowest BCUT2D eigenvalue weighted by molar-refractivity contribution is 0.0487. The molecule has 21 heavy (non-hydrogen) atoms. The molecule has 0 aromatic heterocycles. The van der Waals surface area contributed by atoms with Crippen molar-refractivity contribution >= 4 is 6.09 Å². The summed E-state index contributed by atoms with van der Waals surface area (Å²) in [6, 6.07) is 1.97. The van der Waals surface area contributed by atoms with Gasteiger partial charge in [-0.3, -0.25) is 4.90 Å². The molecule has 0 spiro atoms. The van der Waals surface area contributed by atoms with E-state index in [2.05, 4.69) is 37.9 Å². The van der Waals surface area contributed by atoms with Gasteiger partial charge < -0.3 is 10.1 Å². The number of hydrogen-bond acceptors (Lipinski definition) is 3. The Hall–Kier alpha value is -0.770. The monoisotopic (exact) mass is 298 g/mol. The van der Waals surface area contributed by atoms with Crippen molar-refractivity contribution in [3.05, 3.63) is 0 Å². The fraction of sp³-hybridized carbons (Fsp3) is 0.941. The molecule has 0 aromatic carbocycles. The number of hydrogen-bond donors (Lipinski definition) is 1. The van der Waals surface area contributed by atoms with Gasteiger partial charge in [0.25, 0.3) is 0 Å². The van der Waals surface area contributed by atoms with Crippen LogP contribution in [-0.4, -0.2) is 40.8 Å². The summed E-state index contributed by atoms with van der Waals surface area (Å²) in [4.78, 5) is 14.5. The first-order valence-corrected chi connectivity index (χ1v) is 8.41. The highest BCUT2D eigenvalue weighted by Crippen LogP contribution is 2.29. The van der Waals surface area contributed by atoms with Gasteiger partial charge in [0.05, 0.1) is 0 Å². The zero-order valence-electron chi connectivity index (χ0n) is 14.9. The number of carbonyl (C=O) groups is 1. The lowest BCUT2D eigenvalue weighted by Gasteiger charge is -2.34. The van der Waals surface area contributed by atoms with Crippen LogP contribution in [0.15, 0.2) is 0 Å². The van der Waals surface area contributed by atoms with E-state index in [1.165, 1.54) is 12.8 Å². The summed E-state index contributed by atoms with van der Waals surface area (Å²) in [6.45, 7) is 14.6. The van der Waals surface area contributed by atoms with Gasteiger partial charge in [0.1, 0.15) is 5.60 Å². The number of nitrogens with one attached hydrogen (secondary N) is 1. The zero-order valence-corrected chi connectivity index (χ0v) is 14.9. The highest BCUT2D eigenvalue weighted by Gasteiger charge is 2.34. The average molecular weight is 298 g/mol. The normalized spacial score (nSPS) is 25.1. The van der Waals surface area contributed by atoms with E-state index in [9.17, 15) is 4.79 Å². The average Bonchev–Trinajstić information content (AvgIpc) is 2.67. The molecular formula is C17H34N2O2. The van der Waals surface area contributed by atoms with E-state index in [1.807, 2.05) is 20.8 Å². The minimum absolute atomic E-state index is 0.191. The summed E-state index contributed by atoms with van der Waals surface area (Å²) in [5.41, 5.74) is -0.436. The molecular weight excluding hydrogens is 264 g/mol. The van der Waals surface area contributed by atoms with E-state index in [4.69, 9.17) is 4.74 Å². The highest BCUT2D eigenvalue weighted by atomic mass is 16.6. The van der Waals surface area contributed by atoms with Crippen LogP contribution >= 0.6 is 0 Å². The van der Waals surface area contributed by atoms with E-state index >= 15 is 0 Å². The SMILES string of the molecule is CCC(CC1CCC(C)N1C(C)C)NC(=O)OC(C)(C)C. The van der Waals surface area contributed by atoms with Gasteiger partial charge in [-0.05, 0) is 67.2 Å². The second-order valence-corrected chi connectivity index (χ2v) is 7.61. The molecule has 0 saturated carbocycles. The number of rotatable bonds is 5. The van der Waals surface area contributed by atoms with Gasteiger partial charge in [-0.25, -0.2) is 4.79 Å². The molecule has 0 aliphatic carbocycles. The molecule has 3 atom stereocenters. The van der Waals surface area contributed by atoms with Crippen molar-refractivity contribution in [1.29, 1.82) is 0 Å². The predicted molar refractivity (Wildman–Crippen MR) is 87.5 cm³/mol. The number of amides is 1. The largest absolute Gasteiger partial charge is 0.444 e. The van der Waals surface area contributed by atoms with E-state index in [-0.39, 0.29) is 12.1 Å². The van der Waals surface area contributed by atoms with Crippen LogP contribution in [0.4, 0.5) is 4.79 Å². The second-order valence-electron chi connectivity index (χ2n) is 7.61. The molecule has 1 N–H and O–H groups in total. The first kappa shape index (κ1) is 18.3. The van der Waals surface area contributed by atoms with Crippen molar-refractivity contribution < 1.29 is 9.53 Å². The van der Waals surface area contributed by atoms with Gasteiger partial charge in [-0.1, -0.05) is 6.92 Å². The van der Waals surface area contributed by atoms with E-state index in [0.717, 1.165) is 12.8 Å². The molecule has 3 unspecified atom stereocenters. The number of nitrogens with zero attached hydrogens (tertiary/aromatic N) is 1. The molecule has 1 heterocycles. The van der Waals surface area contributed by atoms with Crippen LogP contribution in [0, 0.1) is 0 Å². The van der Waals surface area contributed by atoms with Gasteiger partial charge in [0.15, 0.2) is 0 Å². The Balaban J connectivity index is 2.56. The summed E-state index contributed by atoms with van der Waals surface area (Å²) in [5.74, 6) is 0.